The van der Waals surface area contributed by atoms with Crippen molar-refractivity contribution in [3.05, 3.63) is 76.1 Å². The van der Waals surface area contributed by atoms with Gasteiger partial charge in [-0.15, -0.1) is 10.2 Å². The van der Waals surface area contributed by atoms with Gasteiger partial charge in [-0.1, -0.05) is 42.1 Å². The molecule has 0 spiro atoms. The van der Waals surface area contributed by atoms with Crippen LogP contribution in [0, 0.1) is 10.1 Å². The molecule has 0 saturated carbocycles. The second-order valence-corrected chi connectivity index (χ2v) is 7.61. The standard InChI is InChI=1S/C20H21N5O3S/c26-25(27)18-8-6-16(7-9-18)15-29-20-22-21-19(14-23-10-12-28-13-11-23)24(20)17-4-2-1-3-5-17/h1-9H,10-15H2. The molecule has 0 atom stereocenters. The number of ether oxygens (including phenoxy) is 1. The smallest absolute Gasteiger partial charge is 0.269 e. The van der Waals surface area contributed by atoms with Crippen LogP contribution in [0.2, 0.25) is 0 Å². The van der Waals surface area contributed by atoms with Crippen LogP contribution in [0.1, 0.15) is 11.4 Å². The summed E-state index contributed by atoms with van der Waals surface area (Å²) in [6.07, 6.45) is 0. The van der Waals surface area contributed by atoms with Crippen LogP contribution in [0.3, 0.4) is 0 Å². The SMILES string of the molecule is O=[N+]([O-])c1ccc(CSc2nnc(CN3CCOCC3)n2-c2ccccc2)cc1. The summed E-state index contributed by atoms with van der Waals surface area (Å²) < 4.78 is 7.53. The van der Waals surface area contributed by atoms with Crippen LogP contribution in [-0.4, -0.2) is 50.9 Å². The summed E-state index contributed by atoms with van der Waals surface area (Å²) in [4.78, 5) is 12.8. The molecule has 0 unspecified atom stereocenters. The normalized spacial score (nSPS) is 14.8. The van der Waals surface area contributed by atoms with Crippen molar-refractivity contribution in [2.75, 3.05) is 26.3 Å². The molecule has 9 heteroatoms. The lowest BCUT2D eigenvalue weighted by Gasteiger charge is -2.26. The van der Waals surface area contributed by atoms with Crippen LogP contribution < -0.4 is 0 Å². The number of hydrogen-bond acceptors (Lipinski definition) is 7. The van der Waals surface area contributed by atoms with Gasteiger partial charge in [-0.2, -0.15) is 0 Å². The zero-order valence-electron chi connectivity index (χ0n) is 15.8. The highest BCUT2D eigenvalue weighted by Gasteiger charge is 2.19. The van der Waals surface area contributed by atoms with Crippen molar-refractivity contribution in [3.8, 4) is 5.69 Å². The molecule has 1 aliphatic heterocycles. The first kappa shape index (κ1) is 19.6. The van der Waals surface area contributed by atoms with Crippen LogP contribution in [0.15, 0.2) is 59.8 Å². The molecule has 1 aliphatic rings. The van der Waals surface area contributed by atoms with E-state index in [0.717, 1.165) is 48.5 Å². The fourth-order valence-electron chi connectivity index (χ4n) is 3.15. The predicted octanol–water partition coefficient (Wildman–Crippen LogP) is 3.30. The molecule has 0 radical (unpaired) electrons. The monoisotopic (exact) mass is 411 g/mol. The zero-order chi connectivity index (χ0) is 20.1. The summed E-state index contributed by atoms with van der Waals surface area (Å²) in [6, 6.07) is 16.7. The highest BCUT2D eigenvalue weighted by atomic mass is 32.2. The van der Waals surface area contributed by atoms with E-state index >= 15 is 0 Å². The van der Waals surface area contributed by atoms with Gasteiger partial charge in [0.1, 0.15) is 0 Å². The molecule has 8 nitrogen and oxygen atoms in total. The number of para-hydroxylation sites is 1. The quantitative estimate of drug-likeness (QED) is 0.335. The fraction of sp³-hybridized carbons (Fsp3) is 0.300. The molecule has 1 aromatic heterocycles. The number of aromatic nitrogens is 3. The molecular formula is C20H21N5O3S. The Balaban J connectivity index is 1.55. The third kappa shape index (κ3) is 4.81. The molecule has 2 heterocycles. The molecule has 150 valence electrons. The molecule has 29 heavy (non-hydrogen) atoms. The number of morpholine rings is 1. The Morgan fingerprint density at radius 3 is 2.45 bits per heavy atom. The van der Waals surface area contributed by atoms with E-state index in [1.165, 1.54) is 12.1 Å². The number of benzene rings is 2. The van der Waals surface area contributed by atoms with Crippen molar-refractivity contribution >= 4 is 17.4 Å². The second-order valence-electron chi connectivity index (χ2n) is 6.67. The maximum Gasteiger partial charge on any atom is 0.269 e. The van der Waals surface area contributed by atoms with Gasteiger partial charge in [0.2, 0.25) is 0 Å². The van der Waals surface area contributed by atoms with E-state index in [9.17, 15) is 10.1 Å². The highest BCUT2D eigenvalue weighted by molar-refractivity contribution is 7.98. The largest absolute Gasteiger partial charge is 0.379 e. The second kappa shape index (κ2) is 9.17. The summed E-state index contributed by atoms with van der Waals surface area (Å²) in [5.74, 6) is 1.55. The Morgan fingerprint density at radius 1 is 1.03 bits per heavy atom. The number of non-ortho nitro benzene ring substituents is 1. The van der Waals surface area contributed by atoms with Gasteiger partial charge in [0.15, 0.2) is 11.0 Å². The van der Waals surface area contributed by atoms with Gasteiger partial charge < -0.3 is 4.74 Å². The van der Waals surface area contributed by atoms with Gasteiger partial charge in [-0.25, -0.2) is 0 Å². The first-order chi connectivity index (χ1) is 14.2. The summed E-state index contributed by atoms with van der Waals surface area (Å²) in [5, 5.41) is 20.5. The summed E-state index contributed by atoms with van der Waals surface area (Å²) in [7, 11) is 0. The van der Waals surface area contributed by atoms with Gasteiger partial charge in [-0.05, 0) is 17.7 Å². The average molecular weight is 411 g/mol. The topological polar surface area (TPSA) is 86.3 Å². The van der Waals surface area contributed by atoms with Gasteiger partial charge in [0.05, 0.1) is 24.7 Å². The third-order valence-electron chi connectivity index (χ3n) is 4.70. The minimum atomic E-state index is -0.388. The summed E-state index contributed by atoms with van der Waals surface area (Å²) in [5.41, 5.74) is 2.11. The molecule has 2 aromatic carbocycles. The maximum atomic E-state index is 10.8. The Kier molecular flexibility index (Phi) is 6.18. The Labute approximate surface area is 172 Å². The minimum absolute atomic E-state index is 0.0963. The summed E-state index contributed by atoms with van der Waals surface area (Å²) >= 11 is 1.57. The zero-order valence-corrected chi connectivity index (χ0v) is 16.6. The van der Waals surface area contributed by atoms with Crippen molar-refractivity contribution in [2.24, 2.45) is 0 Å². The molecule has 0 aliphatic carbocycles. The lowest BCUT2D eigenvalue weighted by molar-refractivity contribution is -0.384. The van der Waals surface area contributed by atoms with Gasteiger partial charge in [0, 0.05) is 36.7 Å². The van der Waals surface area contributed by atoms with E-state index in [1.54, 1.807) is 23.9 Å². The van der Waals surface area contributed by atoms with Crippen LogP contribution in [0.5, 0.6) is 0 Å². The predicted molar refractivity (Wildman–Crippen MR) is 110 cm³/mol. The van der Waals surface area contributed by atoms with Crippen molar-refractivity contribution in [1.29, 1.82) is 0 Å². The van der Waals surface area contributed by atoms with E-state index in [0.29, 0.717) is 12.3 Å². The van der Waals surface area contributed by atoms with E-state index in [2.05, 4.69) is 19.7 Å². The number of hydrogen-bond donors (Lipinski definition) is 0. The van der Waals surface area contributed by atoms with Crippen LogP contribution in [-0.2, 0) is 17.0 Å². The third-order valence-corrected chi connectivity index (χ3v) is 5.70. The van der Waals surface area contributed by atoms with Crippen molar-refractivity contribution < 1.29 is 9.66 Å². The Bertz CT molecular complexity index is 956. The molecule has 3 aromatic rings. The fourth-order valence-corrected chi connectivity index (χ4v) is 4.08. The summed E-state index contributed by atoms with van der Waals surface area (Å²) in [6.45, 7) is 3.95. The lowest BCUT2D eigenvalue weighted by Crippen LogP contribution is -2.36. The van der Waals surface area contributed by atoms with Crippen molar-refractivity contribution in [2.45, 2.75) is 17.5 Å². The minimum Gasteiger partial charge on any atom is -0.379 e. The molecule has 1 saturated heterocycles. The van der Waals surface area contributed by atoms with Crippen LogP contribution in [0.25, 0.3) is 5.69 Å². The van der Waals surface area contributed by atoms with Gasteiger partial charge in [0.25, 0.3) is 5.69 Å². The molecule has 4 rings (SSSR count). The van der Waals surface area contributed by atoms with E-state index in [-0.39, 0.29) is 10.6 Å². The van der Waals surface area contributed by atoms with Crippen LogP contribution >= 0.6 is 11.8 Å². The average Bonchev–Trinajstić information content (AvgIpc) is 3.16. The number of nitro benzene ring substituents is 1. The molecule has 0 N–H and O–H groups in total. The van der Waals surface area contributed by atoms with Crippen molar-refractivity contribution in [3.63, 3.8) is 0 Å². The van der Waals surface area contributed by atoms with Crippen LogP contribution in [0.4, 0.5) is 5.69 Å². The first-order valence-electron chi connectivity index (χ1n) is 9.36. The molecular weight excluding hydrogens is 390 g/mol. The molecule has 0 bridgehead atoms. The Hall–Kier alpha value is -2.75. The van der Waals surface area contributed by atoms with Gasteiger partial charge in [-0.3, -0.25) is 19.6 Å². The number of nitrogens with zero attached hydrogens (tertiary/aromatic N) is 5. The number of thioether (sulfide) groups is 1. The number of nitro groups is 1. The van der Waals surface area contributed by atoms with Gasteiger partial charge >= 0.3 is 0 Å². The van der Waals surface area contributed by atoms with E-state index < -0.39 is 0 Å². The van der Waals surface area contributed by atoms with Crippen molar-refractivity contribution in [1.82, 2.24) is 19.7 Å². The molecule has 1 fully saturated rings. The molecule has 0 amide bonds. The first-order valence-corrected chi connectivity index (χ1v) is 10.4. The maximum absolute atomic E-state index is 10.8. The van der Waals surface area contributed by atoms with E-state index in [4.69, 9.17) is 4.74 Å². The lowest BCUT2D eigenvalue weighted by atomic mass is 10.2. The van der Waals surface area contributed by atoms with E-state index in [1.807, 2.05) is 30.3 Å². The number of rotatable bonds is 7. The Morgan fingerprint density at radius 2 is 1.76 bits per heavy atom. The highest BCUT2D eigenvalue weighted by Crippen LogP contribution is 2.26.